The quantitative estimate of drug-likeness (QED) is 0.690. The fourth-order valence-corrected chi connectivity index (χ4v) is 2.06. The maximum absolute atomic E-state index is 5.37. The predicted octanol–water partition coefficient (Wildman–Crippen LogP) is 2.71. The zero-order chi connectivity index (χ0) is 12.5. The standard InChI is InChI=1S/C14H13N3O/c1-10-6-5-9-17-13(10)15-16-14(17)11-7-3-4-8-12(11)18-2/h3-9H,1-2H3. The Morgan fingerprint density at radius 1 is 1.06 bits per heavy atom. The first kappa shape index (κ1) is 10.8. The van der Waals surface area contributed by atoms with Crippen LogP contribution in [0.2, 0.25) is 0 Å². The number of benzene rings is 1. The van der Waals surface area contributed by atoms with Gasteiger partial charge in [0.15, 0.2) is 11.5 Å². The minimum absolute atomic E-state index is 0.797. The molecule has 0 amide bonds. The normalized spacial score (nSPS) is 10.8. The van der Waals surface area contributed by atoms with Crippen LogP contribution in [-0.4, -0.2) is 21.7 Å². The second-order valence-electron chi connectivity index (χ2n) is 4.11. The Kier molecular flexibility index (Phi) is 2.48. The Hall–Kier alpha value is -2.36. The van der Waals surface area contributed by atoms with Gasteiger partial charge in [-0.05, 0) is 30.7 Å². The second kappa shape index (κ2) is 4.14. The van der Waals surface area contributed by atoms with Crippen LogP contribution >= 0.6 is 0 Å². The van der Waals surface area contributed by atoms with Gasteiger partial charge in [0.05, 0.1) is 12.7 Å². The molecular formula is C14H13N3O. The summed E-state index contributed by atoms with van der Waals surface area (Å²) >= 11 is 0. The lowest BCUT2D eigenvalue weighted by Crippen LogP contribution is -1.93. The molecule has 0 spiro atoms. The number of hydrogen-bond donors (Lipinski definition) is 0. The lowest BCUT2D eigenvalue weighted by Gasteiger charge is -2.06. The molecule has 2 heterocycles. The largest absolute Gasteiger partial charge is 0.496 e. The molecule has 0 aliphatic rings. The summed E-state index contributed by atoms with van der Waals surface area (Å²) in [4.78, 5) is 0. The van der Waals surface area contributed by atoms with E-state index in [2.05, 4.69) is 10.2 Å². The number of hydrogen-bond acceptors (Lipinski definition) is 3. The van der Waals surface area contributed by atoms with Crippen LogP contribution in [0, 0.1) is 6.92 Å². The molecule has 90 valence electrons. The van der Waals surface area contributed by atoms with Gasteiger partial charge in [0, 0.05) is 6.20 Å². The second-order valence-corrected chi connectivity index (χ2v) is 4.11. The summed E-state index contributed by atoms with van der Waals surface area (Å²) in [5, 5.41) is 8.50. The summed E-state index contributed by atoms with van der Waals surface area (Å²) in [6, 6.07) is 11.8. The molecule has 3 aromatic rings. The van der Waals surface area contributed by atoms with Crippen molar-refractivity contribution in [3.05, 3.63) is 48.2 Å². The Morgan fingerprint density at radius 2 is 1.89 bits per heavy atom. The SMILES string of the molecule is COc1ccccc1-c1nnc2c(C)cccn12. The summed E-state index contributed by atoms with van der Waals surface area (Å²) in [5.41, 5.74) is 2.92. The highest BCUT2D eigenvalue weighted by molar-refractivity contribution is 5.67. The van der Waals surface area contributed by atoms with Gasteiger partial charge in [-0.1, -0.05) is 18.2 Å². The fraction of sp³-hybridized carbons (Fsp3) is 0.143. The van der Waals surface area contributed by atoms with Gasteiger partial charge < -0.3 is 4.74 Å². The molecule has 0 radical (unpaired) electrons. The number of aryl methyl sites for hydroxylation is 1. The summed E-state index contributed by atoms with van der Waals surface area (Å²) < 4.78 is 7.35. The summed E-state index contributed by atoms with van der Waals surface area (Å²) in [5.74, 6) is 1.60. The maximum atomic E-state index is 5.37. The molecule has 1 aromatic carbocycles. The van der Waals surface area contributed by atoms with E-state index in [-0.39, 0.29) is 0 Å². The monoisotopic (exact) mass is 239 g/mol. The highest BCUT2D eigenvalue weighted by atomic mass is 16.5. The molecule has 0 saturated heterocycles. The third-order valence-electron chi connectivity index (χ3n) is 2.98. The van der Waals surface area contributed by atoms with Crippen LogP contribution in [0.15, 0.2) is 42.6 Å². The van der Waals surface area contributed by atoms with Crippen molar-refractivity contribution in [2.75, 3.05) is 7.11 Å². The predicted molar refractivity (Wildman–Crippen MR) is 69.7 cm³/mol. The van der Waals surface area contributed by atoms with Crippen LogP contribution in [0.3, 0.4) is 0 Å². The van der Waals surface area contributed by atoms with Crippen molar-refractivity contribution in [3.63, 3.8) is 0 Å². The van der Waals surface area contributed by atoms with Crippen LogP contribution in [0.25, 0.3) is 17.0 Å². The van der Waals surface area contributed by atoms with Gasteiger partial charge in [-0.2, -0.15) is 0 Å². The number of aromatic nitrogens is 3. The highest BCUT2D eigenvalue weighted by Gasteiger charge is 2.12. The Labute approximate surface area is 105 Å². The van der Waals surface area contributed by atoms with Crippen molar-refractivity contribution >= 4 is 5.65 Å². The molecule has 0 N–H and O–H groups in total. The molecule has 0 unspecified atom stereocenters. The van der Waals surface area contributed by atoms with Gasteiger partial charge in [-0.15, -0.1) is 10.2 Å². The van der Waals surface area contributed by atoms with E-state index in [1.807, 2.05) is 53.9 Å². The first-order chi connectivity index (χ1) is 8.81. The molecule has 0 aliphatic carbocycles. The van der Waals surface area contributed by atoms with Gasteiger partial charge in [-0.3, -0.25) is 4.40 Å². The van der Waals surface area contributed by atoms with Crippen LogP contribution in [-0.2, 0) is 0 Å². The lowest BCUT2D eigenvalue weighted by molar-refractivity contribution is 0.416. The van der Waals surface area contributed by atoms with Crippen molar-refractivity contribution in [2.24, 2.45) is 0 Å². The zero-order valence-corrected chi connectivity index (χ0v) is 10.3. The molecule has 0 bridgehead atoms. The Bertz CT molecular complexity index is 703. The van der Waals surface area contributed by atoms with Crippen molar-refractivity contribution in [1.82, 2.24) is 14.6 Å². The third-order valence-corrected chi connectivity index (χ3v) is 2.98. The number of para-hydroxylation sites is 1. The summed E-state index contributed by atoms with van der Waals surface area (Å²) in [6.45, 7) is 2.02. The van der Waals surface area contributed by atoms with Crippen LogP contribution in [0.4, 0.5) is 0 Å². The van der Waals surface area contributed by atoms with Crippen molar-refractivity contribution < 1.29 is 4.74 Å². The Morgan fingerprint density at radius 3 is 2.72 bits per heavy atom. The van der Waals surface area contributed by atoms with Gasteiger partial charge >= 0.3 is 0 Å². The number of methoxy groups -OCH3 is 1. The van der Waals surface area contributed by atoms with Crippen LogP contribution < -0.4 is 4.74 Å². The minimum Gasteiger partial charge on any atom is -0.496 e. The molecule has 0 saturated carbocycles. The summed E-state index contributed by atoms with van der Waals surface area (Å²) in [7, 11) is 1.66. The summed E-state index contributed by atoms with van der Waals surface area (Å²) in [6.07, 6.45) is 1.96. The van der Waals surface area contributed by atoms with E-state index in [0.717, 1.165) is 28.3 Å². The van der Waals surface area contributed by atoms with E-state index >= 15 is 0 Å². The maximum Gasteiger partial charge on any atom is 0.172 e. The average molecular weight is 239 g/mol. The molecule has 3 rings (SSSR count). The number of fused-ring (bicyclic) bond motifs is 1. The van der Waals surface area contributed by atoms with Crippen LogP contribution in [0.1, 0.15) is 5.56 Å². The van der Waals surface area contributed by atoms with E-state index in [0.29, 0.717) is 0 Å². The molecule has 4 heteroatoms. The molecule has 0 fully saturated rings. The number of rotatable bonds is 2. The highest BCUT2D eigenvalue weighted by Crippen LogP contribution is 2.28. The van der Waals surface area contributed by atoms with Crippen molar-refractivity contribution in [1.29, 1.82) is 0 Å². The van der Waals surface area contributed by atoms with Crippen molar-refractivity contribution in [2.45, 2.75) is 6.92 Å². The topological polar surface area (TPSA) is 39.4 Å². The first-order valence-electron chi connectivity index (χ1n) is 5.75. The zero-order valence-electron chi connectivity index (χ0n) is 10.3. The van der Waals surface area contributed by atoms with Crippen molar-refractivity contribution in [3.8, 4) is 17.1 Å². The average Bonchev–Trinajstić information content (AvgIpc) is 2.84. The Balaban J connectivity index is 2.29. The van der Waals surface area contributed by atoms with E-state index in [1.165, 1.54) is 0 Å². The van der Waals surface area contributed by atoms with Crippen LogP contribution in [0.5, 0.6) is 5.75 Å². The third kappa shape index (κ3) is 1.54. The molecule has 4 nitrogen and oxygen atoms in total. The van der Waals surface area contributed by atoms with Gasteiger partial charge in [0.2, 0.25) is 0 Å². The molecule has 0 aliphatic heterocycles. The molecule has 18 heavy (non-hydrogen) atoms. The fourth-order valence-electron chi connectivity index (χ4n) is 2.06. The minimum atomic E-state index is 0.797. The van der Waals surface area contributed by atoms with E-state index in [1.54, 1.807) is 7.11 Å². The smallest absolute Gasteiger partial charge is 0.172 e. The molecule has 2 aromatic heterocycles. The number of ether oxygens (including phenoxy) is 1. The molecular weight excluding hydrogens is 226 g/mol. The number of nitrogens with zero attached hydrogens (tertiary/aromatic N) is 3. The van der Waals surface area contributed by atoms with Gasteiger partial charge in [0.25, 0.3) is 0 Å². The van der Waals surface area contributed by atoms with E-state index in [9.17, 15) is 0 Å². The van der Waals surface area contributed by atoms with Gasteiger partial charge in [0.1, 0.15) is 5.75 Å². The van der Waals surface area contributed by atoms with E-state index < -0.39 is 0 Å². The van der Waals surface area contributed by atoms with Gasteiger partial charge in [-0.25, -0.2) is 0 Å². The first-order valence-corrected chi connectivity index (χ1v) is 5.75. The lowest BCUT2D eigenvalue weighted by atomic mass is 10.2. The molecule has 0 atom stereocenters. The number of pyridine rings is 1. The van der Waals surface area contributed by atoms with E-state index in [4.69, 9.17) is 4.74 Å².